The van der Waals surface area contributed by atoms with Crippen LogP contribution in [0.1, 0.15) is 58.8 Å². The van der Waals surface area contributed by atoms with Gasteiger partial charge in [-0.05, 0) is 24.0 Å². The molecule has 0 spiro atoms. The SMILES string of the molecule is [2H]C(O[C@H]1[C@H](O)[C@H](OC([2H])c2ccccc2)C(OCCCCCCCCC(=O)OC)O[C@@H]1CO)c1ccccc1. The summed E-state index contributed by atoms with van der Waals surface area (Å²) < 4.78 is 45.5. The molecule has 8 heteroatoms. The summed E-state index contributed by atoms with van der Waals surface area (Å²) in [5, 5.41) is 21.4. The third-order valence-corrected chi connectivity index (χ3v) is 6.40. The summed E-state index contributed by atoms with van der Waals surface area (Å²) in [4.78, 5) is 11.2. The van der Waals surface area contributed by atoms with Crippen molar-refractivity contribution in [2.75, 3.05) is 20.3 Å². The highest BCUT2D eigenvalue weighted by atomic mass is 16.7. The van der Waals surface area contributed by atoms with Crippen LogP contribution in [0.2, 0.25) is 0 Å². The number of hydrogen-bond donors (Lipinski definition) is 2. The Morgan fingerprint density at radius 2 is 1.39 bits per heavy atom. The zero-order chi connectivity index (χ0) is 28.7. The van der Waals surface area contributed by atoms with Crippen LogP contribution in [-0.2, 0) is 41.6 Å². The van der Waals surface area contributed by atoms with Crippen molar-refractivity contribution in [1.29, 1.82) is 0 Å². The number of methoxy groups -OCH3 is 1. The van der Waals surface area contributed by atoms with Crippen LogP contribution in [0.5, 0.6) is 0 Å². The largest absolute Gasteiger partial charge is 0.469 e. The lowest BCUT2D eigenvalue weighted by Gasteiger charge is -2.43. The molecule has 2 aromatic carbocycles. The highest BCUT2D eigenvalue weighted by Crippen LogP contribution is 2.28. The van der Waals surface area contributed by atoms with Gasteiger partial charge < -0.3 is 33.9 Å². The van der Waals surface area contributed by atoms with Gasteiger partial charge in [0.25, 0.3) is 0 Å². The average Bonchev–Trinajstić information content (AvgIpc) is 2.99. The average molecular weight is 533 g/mol. The van der Waals surface area contributed by atoms with Crippen molar-refractivity contribution in [3.63, 3.8) is 0 Å². The minimum absolute atomic E-state index is 0.186. The summed E-state index contributed by atoms with van der Waals surface area (Å²) in [5.41, 5.74) is 1.19. The summed E-state index contributed by atoms with van der Waals surface area (Å²) >= 11 is 0. The van der Waals surface area contributed by atoms with Gasteiger partial charge in [0.05, 0.1) is 29.6 Å². The van der Waals surface area contributed by atoms with Crippen molar-refractivity contribution < 1.29 is 41.4 Å². The molecule has 3 rings (SSSR count). The third-order valence-electron chi connectivity index (χ3n) is 6.40. The molecule has 1 fully saturated rings. The van der Waals surface area contributed by atoms with E-state index in [4.69, 9.17) is 21.7 Å². The molecule has 0 aromatic heterocycles. The number of carbonyl (C=O) groups excluding carboxylic acids is 1. The molecule has 0 amide bonds. The molecule has 8 nitrogen and oxygen atoms in total. The lowest BCUT2D eigenvalue weighted by molar-refractivity contribution is -0.319. The van der Waals surface area contributed by atoms with E-state index in [0.717, 1.165) is 38.5 Å². The number of aliphatic hydroxyl groups excluding tert-OH is 2. The molecular formula is C30H42O8. The second kappa shape index (κ2) is 17.3. The number of hydrogen-bond acceptors (Lipinski definition) is 8. The minimum atomic E-state index is -1.32. The molecule has 2 N–H and O–H groups in total. The third kappa shape index (κ3) is 10.1. The molecule has 0 radical (unpaired) electrons. The fraction of sp³-hybridized carbons (Fsp3) is 0.567. The fourth-order valence-corrected chi connectivity index (χ4v) is 4.25. The quantitative estimate of drug-likeness (QED) is 0.231. The van der Waals surface area contributed by atoms with Crippen LogP contribution in [-0.4, -0.2) is 67.2 Å². The van der Waals surface area contributed by atoms with Crippen molar-refractivity contribution in [3.8, 4) is 0 Å². The van der Waals surface area contributed by atoms with Crippen LogP contribution in [0.25, 0.3) is 0 Å². The molecular weight excluding hydrogens is 488 g/mol. The topological polar surface area (TPSA) is 104 Å². The van der Waals surface area contributed by atoms with Gasteiger partial charge in [0.1, 0.15) is 24.4 Å². The van der Waals surface area contributed by atoms with Gasteiger partial charge in [-0.15, -0.1) is 0 Å². The number of esters is 1. The molecule has 1 heterocycles. The first kappa shape index (κ1) is 27.2. The molecule has 1 aliphatic rings. The first-order valence-corrected chi connectivity index (χ1v) is 13.3. The summed E-state index contributed by atoms with van der Waals surface area (Å²) in [6.07, 6.45) is 0.366. The summed E-state index contributed by atoms with van der Waals surface area (Å²) in [5.74, 6) is -0.186. The van der Waals surface area contributed by atoms with Crippen molar-refractivity contribution in [3.05, 3.63) is 71.8 Å². The Balaban J connectivity index is 1.59. The van der Waals surface area contributed by atoms with Gasteiger partial charge in [-0.25, -0.2) is 0 Å². The maximum Gasteiger partial charge on any atom is 0.305 e. The van der Waals surface area contributed by atoms with Crippen molar-refractivity contribution >= 4 is 5.97 Å². The van der Waals surface area contributed by atoms with Gasteiger partial charge in [-0.1, -0.05) is 86.3 Å². The van der Waals surface area contributed by atoms with E-state index in [-0.39, 0.29) is 5.97 Å². The standard InChI is InChI=1S/C30H42O8/c1-34-26(32)18-12-4-2-3-5-13-19-35-30-29(37-22-24-16-10-7-11-17-24)27(33)28(25(20-31)38-30)36-21-23-14-8-6-9-15-23/h6-11,14-17,25,27-31,33H,2-5,12-13,18-22H2,1H3/t25-,27+,28-,29+,30?/m1/s1/i21D,22D/t21?,22?,25-,27+,28-,29+,30?. The monoisotopic (exact) mass is 532 g/mol. The number of aliphatic hydroxyl groups is 2. The molecule has 210 valence electrons. The zero-order valence-electron chi connectivity index (χ0n) is 24.0. The Labute approximate surface area is 228 Å². The van der Waals surface area contributed by atoms with E-state index < -0.39 is 50.5 Å². The van der Waals surface area contributed by atoms with E-state index in [9.17, 15) is 15.0 Å². The highest BCUT2D eigenvalue weighted by Gasteiger charge is 2.47. The fourth-order valence-electron chi connectivity index (χ4n) is 4.25. The van der Waals surface area contributed by atoms with E-state index in [1.54, 1.807) is 48.5 Å². The molecule has 3 unspecified atom stereocenters. The second-order valence-electron chi connectivity index (χ2n) is 9.29. The zero-order valence-corrected chi connectivity index (χ0v) is 22.0. The van der Waals surface area contributed by atoms with Crippen LogP contribution in [0, 0.1) is 0 Å². The molecule has 2 aromatic rings. The number of benzene rings is 2. The number of ether oxygens (including phenoxy) is 5. The van der Waals surface area contributed by atoms with E-state index in [2.05, 4.69) is 4.74 Å². The van der Waals surface area contributed by atoms with Crippen LogP contribution in [0.15, 0.2) is 60.7 Å². The Bertz CT molecular complexity index is 967. The van der Waals surface area contributed by atoms with E-state index >= 15 is 0 Å². The van der Waals surface area contributed by atoms with Gasteiger partial charge in [-0.2, -0.15) is 0 Å². The molecule has 0 aliphatic carbocycles. The molecule has 1 aliphatic heterocycles. The first-order valence-electron chi connectivity index (χ1n) is 14.5. The maximum atomic E-state index is 11.4. The van der Waals surface area contributed by atoms with Gasteiger partial charge in [0, 0.05) is 13.0 Å². The van der Waals surface area contributed by atoms with Crippen LogP contribution < -0.4 is 0 Å². The Hall–Kier alpha value is -2.33. The Kier molecular flexibility index (Phi) is 12.4. The van der Waals surface area contributed by atoms with E-state index in [1.165, 1.54) is 7.11 Å². The van der Waals surface area contributed by atoms with Crippen LogP contribution >= 0.6 is 0 Å². The van der Waals surface area contributed by atoms with E-state index in [1.807, 2.05) is 12.1 Å². The normalized spacial score (nSPS) is 25.7. The van der Waals surface area contributed by atoms with Crippen molar-refractivity contribution in [1.82, 2.24) is 0 Å². The highest BCUT2D eigenvalue weighted by molar-refractivity contribution is 5.68. The summed E-state index contributed by atoms with van der Waals surface area (Å²) in [6, 6.07) is 17.9. The predicted octanol–water partition coefficient (Wildman–Crippen LogP) is 4.16. The molecule has 7 atom stereocenters. The minimum Gasteiger partial charge on any atom is -0.469 e. The molecule has 38 heavy (non-hydrogen) atoms. The van der Waals surface area contributed by atoms with Crippen molar-refractivity contribution in [2.45, 2.75) is 88.8 Å². The summed E-state index contributed by atoms with van der Waals surface area (Å²) in [7, 11) is 1.39. The molecule has 0 saturated carbocycles. The van der Waals surface area contributed by atoms with Gasteiger partial charge in [0.2, 0.25) is 0 Å². The second-order valence-corrected chi connectivity index (χ2v) is 9.29. The molecule has 1 saturated heterocycles. The van der Waals surface area contributed by atoms with Crippen LogP contribution in [0.4, 0.5) is 0 Å². The summed E-state index contributed by atoms with van der Waals surface area (Å²) in [6.45, 7) is -2.36. The number of carbonyl (C=O) groups is 1. The Morgan fingerprint density at radius 3 is 1.97 bits per heavy atom. The van der Waals surface area contributed by atoms with Gasteiger partial charge in [0.15, 0.2) is 6.29 Å². The Morgan fingerprint density at radius 1 is 0.842 bits per heavy atom. The van der Waals surface area contributed by atoms with Crippen LogP contribution in [0.3, 0.4) is 0 Å². The van der Waals surface area contributed by atoms with Crippen molar-refractivity contribution in [2.24, 2.45) is 0 Å². The predicted molar refractivity (Wildman–Crippen MR) is 142 cm³/mol. The number of unbranched alkanes of at least 4 members (excludes halogenated alkanes) is 5. The smallest absolute Gasteiger partial charge is 0.305 e. The van der Waals surface area contributed by atoms with Gasteiger partial charge in [-0.3, -0.25) is 4.79 Å². The lowest BCUT2D eigenvalue weighted by Crippen LogP contribution is -2.60. The lowest BCUT2D eigenvalue weighted by atomic mass is 9.98. The molecule has 0 bridgehead atoms. The first-order chi connectivity index (χ1) is 19.4. The van der Waals surface area contributed by atoms with Gasteiger partial charge >= 0.3 is 5.97 Å². The van der Waals surface area contributed by atoms with E-state index in [0.29, 0.717) is 24.2 Å². The maximum absolute atomic E-state index is 11.4. The number of rotatable bonds is 17.